The Balaban J connectivity index is 2.20. The van der Waals surface area contributed by atoms with E-state index >= 15 is 0 Å². The molecule has 1 aromatic heterocycles. The van der Waals surface area contributed by atoms with Gasteiger partial charge in [0.1, 0.15) is 6.54 Å². The number of hydrogen-bond acceptors (Lipinski definition) is 4. The van der Waals surface area contributed by atoms with E-state index in [1.807, 2.05) is 31.2 Å². The predicted octanol–water partition coefficient (Wildman–Crippen LogP) is 1.16. The van der Waals surface area contributed by atoms with Crippen LogP contribution in [0.25, 0.3) is 11.0 Å². The highest BCUT2D eigenvalue weighted by atomic mass is 16.5. The second kappa shape index (κ2) is 9.19. The van der Waals surface area contributed by atoms with E-state index in [9.17, 15) is 14.4 Å². The summed E-state index contributed by atoms with van der Waals surface area (Å²) >= 11 is 0. The molecule has 0 atom stereocenters. The number of aliphatic carboxylic acids is 1. The van der Waals surface area contributed by atoms with Gasteiger partial charge in [-0.3, -0.25) is 18.7 Å². The minimum atomic E-state index is -1.08. The number of aryl methyl sites for hydroxylation is 2. The van der Waals surface area contributed by atoms with Crippen LogP contribution in [-0.4, -0.2) is 57.8 Å². The van der Waals surface area contributed by atoms with E-state index in [-0.39, 0.29) is 44.3 Å². The average Bonchev–Trinajstić information content (AvgIpc) is 2.88. The maximum absolute atomic E-state index is 12.7. The molecule has 0 radical (unpaired) electrons. The highest BCUT2D eigenvalue weighted by Crippen LogP contribution is 2.14. The summed E-state index contributed by atoms with van der Waals surface area (Å²) in [7, 11) is 1.49. The van der Waals surface area contributed by atoms with Gasteiger partial charge in [0.05, 0.1) is 17.6 Å². The monoisotopic (exact) mass is 363 g/mol. The summed E-state index contributed by atoms with van der Waals surface area (Å²) in [5.41, 5.74) is 1.47. The van der Waals surface area contributed by atoms with Gasteiger partial charge in [0, 0.05) is 33.2 Å². The van der Waals surface area contributed by atoms with Gasteiger partial charge < -0.3 is 14.7 Å². The molecule has 0 bridgehead atoms. The van der Waals surface area contributed by atoms with E-state index in [0.29, 0.717) is 6.54 Å². The Morgan fingerprint density at radius 2 is 1.77 bits per heavy atom. The molecule has 26 heavy (non-hydrogen) atoms. The SMILES string of the molecule is CCCn1c(=O)n(CCC(=O)N(CCOC)CC(=O)O)c2ccccc21. The molecular weight excluding hydrogens is 338 g/mol. The first-order valence-electron chi connectivity index (χ1n) is 8.66. The summed E-state index contributed by atoms with van der Waals surface area (Å²) in [6, 6.07) is 7.47. The lowest BCUT2D eigenvalue weighted by atomic mass is 10.3. The van der Waals surface area contributed by atoms with E-state index in [2.05, 4.69) is 0 Å². The molecule has 0 unspecified atom stereocenters. The third-order valence-corrected chi connectivity index (χ3v) is 4.17. The summed E-state index contributed by atoms with van der Waals surface area (Å²) in [4.78, 5) is 37.3. The van der Waals surface area contributed by atoms with Crippen molar-refractivity contribution < 1.29 is 19.4 Å². The minimum Gasteiger partial charge on any atom is -0.480 e. The molecule has 2 aromatic rings. The molecule has 8 nitrogen and oxygen atoms in total. The Labute approximate surface area is 151 Å². The molecule has 1 N–H and O–H groups in total. The summed E-state index contributed by atoms with van der Waals surface area (Å²) in [6.07, 6.45) is 0.882. The topological polar surface area (TPSA) is 93.8 Å². The summed E-state index contributed by atoms with van der Waals surface area (Å²) in [5, 5.41) is 8.97. The molecule has 0 aliphatic carbocycles. The van der Waals surface area contributed by atoms with Gasteiger partial charge in [0.15, 0.2) is 0 Å². The Morgan fingerprint density at radius 3 is 2.31 bits per heavy atom. The third kappa shape index (κ3) is 4.51. The van der Waals surface area contributed by atoms with Crippen LogP contribution in [0.15, 0.2) is 29.1 Å². The van der Waals surface area contributed by atoms with Crippen LogP contribution in [0, 0.1) is 0 Å². The fourth-order valence-electron chi connectivity index (χ4n) is 2.95. The van der Waals surface area contributed by atoms with Crippen molar-refractivity contribution >= 4 is 22.9 Å². The number of aromatic nitrogens is 2. The predicted molar refractivity (Wildman–Crippen MR) is 97.2 cm³/mol. The first kappa shape index (κ1) is 19.7. The number of carboxylic acid groups (broad SMARTS) is 1. The normalized spacial score (nSPS) is 11.0. The number of amides is 1. The second-order valence-corrected chi connectivity index (χ2v) is 6.03. The van der Waals surface area contributed by atoms with E-state index < -0.39 is 5.97 Å². The Bertz CT molecular complexity index is 824. The number of para-hydroxylation sites is 2. The largest absolute Gasteiger partial charge is 0.480 e. The van der Waals surface area contributed by atoms with Crippen molar-refractivity contribution in [2.75, 3.05) is 26.8 Å². The molecule has 0 aliphatic rings. The molecule has 1 heterocycles. The third-order valence-electron chi connectivity index (χ3n) is 4.17. The molecule has 0 saturated carbocycles. The lowest BCUT2D eigenvalue weighted by molar-refractivity contribution is -0.145. The van der Waals surface area contributed by atoms with Gasteiger partial charge in [0.25, 0.3) is 0 Å². The maximum atomic E-state index is 12.7. The van der Waals surface area contributed by atoms with Crippen LogP contribution in [0.1, 0.15) is 19.8 Å². The molecule has 8 heteroatoms. The molecule has 142 valence electrons. The highest BCUT2D eigenvalue weighted by Gasteiger charge is 2.18. The quantitative estimate of drug-likeness (QED) is 0.684. The van der Waals surface area contributed by atoms with E-state index in [1.165, 1.54) is 12.0 Å². The summed E-state index contributed by atoms with van der Waals surface area (Å²) < 4.78 is 8.22. The van der Waals surface area contributed by atoms with E-state index in [1.54, 1.807) is 9.13 Å². The number of fused-ring (bicyclic) bond motifs is 1. The number of carbonyl (C=O) groups excluding carboxylic acids is 1. The Morgan fingerprint density at radius 1 is 1.15 bits per heavy atom. The number of imidazole rings is 1. The average molecular weight is 363 g/mol. The lowest BCUT2D eigenvalue weighted by Crippen LogP contribution is -2.38. The van der Waals surface area contributed by atoms with Gasteiger partial charge in [-0.25, -0.2) is 4.79 Å². The van der Waals surface area contributed by atoms with Gasteiger partial charge in [-0.15, -0.1) is 0 Å². The first-order chi connectivity index (χ1) is 12.5. The number of nitrogens with zero attached hydrogens (tertiary/aromatic N) is 3. The standard InChI is InChI=1S/C18H25N3O5/c1-3-9-20-14-6-4-5-7-15(14)21(18(20)25)10-8-16(22)19(11-12-26-2)13-17(23)24/h4-7H,3,8-13H2,1-2H3,(H,23,24). The molecule has 1 aromatic carbocycles. The van der Waals surface area contributed by atoms with Crippen LogP contribution in [0.2, 0.25) is 0 Å². The van der Waals surface area contributed by atoms with Gasteiger partial charge >= 0.3 is 11.7 Å². The number of ether oxygens (including phenoxy) is 1. The van der Waals surface area contributed by atoms with Crippen molar-refractivity contribution in [2.45, 2.75) is 32.9 Å². The number of carboxylic acids is 1. The van der Waals surface area contributed by atoms with Crippen LogP contribution < -0.4 is 5.69 Å². The van der Waals surface area contributed by atoms with Crippen molar-refractivity contribution in [3.8, 4) is 0 Å². The second-order valence-electron chi connectivity index (χ2n) is 6.03. The maximum Gasteiger partial charge on any atom is 0.329 e. The summed E-state index contributed by atoms with van der Waals surface area (Å²) in [6.45, 7) is 2.90. The minimum absolute atomic E-state index is 0.0526. The Hall–Kier alpha value is -2.61. The van der Waals surface area contributed by atoms with Crippen LogP contribution >= 0.6 is 0 Å². The Kier molecular flexibility index (Phi) is 6.97. The van der Waals surface area contributed by atoms with Crippen molar-refractivity contribution in [3.05, 3.63) is 34.7 Å². The van der Waals surface area contributed by atoms with Crippen molar-refractivity contribution in [3.63, 3.8) is 0 Å². The van der Waals surface area contributed by atoms with Crippen LogP contribution in [0.4, 0.5) is 0 Å². The van der Waals surface area contributed by atoms with Gasteiger partial charge in [0.2, 0.25) is 5.91 Å². The van der Waals surface area contributed by atoms with E-state index in [0.717, 1.165) is 17.5 Å². The number of benzene rings is 1. The number of methoxy groups -OCH3 is 1. The zero-order chi connectivity index (χ0) is 19.1. The fourth-order valence-corrected chi connectivity index (χ4v) is 2.95. The lowest BCUT2D eigenvalue weighted by Gasteiger charge is -2.20. The molecule has 2 rings (SSSR count). The first-order valence-corrected chi connectivity index (χ1v) is 8.66. The molecule has 0 saturated heterocycles. The molecular formula is C18H25N3O5. The van der Waals surface area contributed by atoms with Crippen molar-refractivity contribution in [1.82, 2.24) is 14.0 Å². The molecule has 0 spiro atoms. The molecule has 0 aliphatic heterocycles. The van der Waals surface area contributed by atoms with Gasteiger partial charge in [-0.05, 0) is 18.6 Å². The van der Waals surface area contributed by atoms with E-state index in [4.69, 9.17) is 9.84 Å². The van der Waals surface area contributed by atoms with Crippen LogP contribution in [-0.2, 0) is 27.4 Å². The van der Waals surface area contributed by atoms with Gasteiger partial charge in [-0.2, -0.15) is 0 Å². The number of hydrogen-bond donors (Lipinski definition) is 1. The van der Waals surface area contributed by atoms with Gasteiger partial charge in [-0.1, -0.05) is 19.1 Å². The van der Waals surface area contributed by atoms with Crippen molar-refractivity contribution in [1.29, 1.82) is 0 Å². The highest BCUT2D eigenvalue weighted by molar-refractivity contribution is 5.81. The van der Waals surface area contributed by atoms with Crippen LogP contribution in [0.5, 0.6) is 0 Å². The van der Waals surface area contributed by atoms with Crippen LogP contribution in [0.3, 0.4) is 0 Å². The van der Waals surface area contributed by atoms with Crippen molar-refractivity contribution in [2.24, 2.45) is 0 Å². The molecule has 0 fully saturated rings. The fraction of sp³-hybridized carbons (Fsp3) is 0.500. The zero-order valence-corrected chi connectivity index (χ0v) is 15.2. The number of rotatable bonds is 10. The summed E-state index contributed by atoms with van der Waals surface area (Å²) in [5.74, 6) is -1.39. The smallest absolute Gasteiger partial charge is 0.329 e. The molecule has 1 amide bonds. The number of carbonyl (C=O) groups is 2. The zero-order valence-electron chi connectivity index (χ0n) is 15.2.